The van der Waals surface area contributed by atoms with Crippen LogP contribution in [0.2, 0.25) is 0 Å². The molecule has 9 nitrogen and oxygen atoms in total. The number of hydrogen-bond acceptors (Lipinski definition) is 5. The molecule has 0 unspecified atom stereocenters. The molecule has 1 aromatic carbocycles. The van der Waals surface area contributed by atoms with Crippen LogP contribution in [0.25, 0.3) is 16.9 Å². The van der Waals surface area contributed by atoms with Crippen molar-refractivity contribution in [2.45, 2.75) is 46.2 Å². The summed E-state index contributed by atoms with van der Waals surface area (Å²) in [7, 11) is 3.35. The standard InChI is InChI=1S/C25H32N6O3/c1-17-18(2)31-21-22(26-24(31)30(17)16-19-8-10-20(34-4)11-9-19)27(3)25(33)29(23(21)32)15-14-28-12-6-5-7-13-28/h8-11H,5-7,12-16H2,1-4H3. The molecular weight excluding hydrogens is 432 g/mol. The Hall–Kier alpha value is -3.33. The van der Waals surface area contributed by atoms with Crippen molar-refractivity contribution in [3.63, 3.8) is 0 Å². The average molecular weight is 465 g/mol. The first kappa shape index (κ1) is 22.5. The molecule has 0 bridgehead atoms. The predicted molar refractivity (Wildman–Crippen MR) is 132 cm³/mol. The predicted octanol–water partition coefficient (Wildman–Crippen LogP) is 2.31. The molecule has 9 heteroatoms. The Balaban J connectivity index is 1.60. The minimum Gasteiger partial charge on any atom is -0.497 e. The van der Waals surface area contributed by atoms with E-state index < -0.39 is 0 Å². The fraction of sp³-hybridized carbons (Fsp3) is 0.480. The van der Waals surface area contributed by atoms with Crippen LogP contribution in [0, 0.1) is 13.8 Å². The van der Waals surface area contributed by atoms with E-state index in [4.69, 9.17) is 9.72 Å². The van der Waals surface area contributed by atoms with Crippen LogP contribution >= 0.6 is 0 Å². The summed E-state index contributed by atoms with van der Waals surface area (Å²) in [5.41, 5.74) is 3.38. The van der Waals surface area contributed by atoms with Crippen molar-refractivity contribution in [1.29, 1.82) is 0 Å². The molecule has 0 aliphatic carbocycles. The lowest BCUT2D eigenvalue weighted by atomic mass is 10.1. The molecule has 4 heterocycles. The van der Waals surface area contributed by atoms with Crippen molar-refractivity contribution in [3.8, 4) is 5.75 Å². The lowest BCUT2D eigenvalue weighted by Gasteiger charge is -2.26. The third kappa shape index (κ3) is 3.64. The maximum Gasteiger partial charge on any atom is 0.332 e. The van der Waals surface area contributed by atoms with Crippen molar-refractivity contribution in [1.82, 2.24) is 28.0 Å². The van der Waals surface area contributed by atoms with E-state index in [2.05, 4.69) is 9.47 Å². The average Bonchev–Trinajstić information content (AvgIpc) is 3.35. The maximum absolute atomic E-state index is 13.6. The van der Waals surface area contributed by atoms with Gasteiger partial charge in [-0.3, -0.25) is 18.3 Å². The number of imidazole rings is 2. The fourth-order valence-electron chi connectivity index (χ4n) is 5.04. The van der Waals surface area contributed by atoms with Crippen molar-refractivity contribution in [2.75, 3.05) is 26.7 Å². The number of rotatable bonds is 6. The van der Waals surface area contributed by atoms with E-state index in [1.807, 2.05) is 42.5 Å². The summed E-state index contributed by atoms with van der Waals surface area (Å²) in [6.45, 7) is 7.79. The third-order valence-corrected chi connectivity index (χ3v) is 7.22. The molecular formula is C25H32N6O3. The first-order valence-electron chi connectivity index (χ1n) is 11.9. The molecule has 0 radical (unpaired) electrons. The molecule has 0 N–H and O–H groups in total. The first-order valence-corrected chi connectivity index (χ1v) is 11.9. The van der Waals surface area contributed by atoms with Crippen LogP contribution in [0.3, 0.4) is 0 Å². The number of piperidine rings is 1. The second kappa shape index (κ2) is 8.79. The second-order valence-electron chi connectivity index (χ2n) is 9.23. The molecule has 34 heavy (non-hydrogen) atoms. The topological polar surface area (TPSA) is 78.7 Å². The number of aromatic nitrogens is 5. The van der Waals surface area contributed by atoms with Crippen molar-refractivity contribution in [2.24, 2.45) is 7.05 Å². The Bertz CT molecular complexity index is 1470. The van der Waals surface area contributed by atoms with Crippen LogP contribution in [0.1, 0.15) is 36.2 Å². The van der Waals surface area contributed by atoms with Gasteiger partial charge in [0.25, 0.3) is 5.56 Å². The maximum atomic E-state index is 13.6. The third-order valence-electron chi connectivity index (χ3n) is 7.22. The number of hydrogen-bond donors (Lipinski definition) is 0. The number of benzene rings is 1. The van der Waals surface area contributed by atoms with E-state index in [0.717, 1.165) is 35.8 Å². The van der Waals surface area contributed by atoms with E-state index in [9.17, 15) is 9.59 Å². The molecule has 4 aromatic rings. The number of nitrogens with zero attached hydrogens (tertiary/aromatic N) is 6. The summed E-state index contributed by atoms with van der Waals surface area (Å²) >= 11 is 0. The van der Waals surface area contributed by atoms with E-state index in [1.165, 1.54) is 28.4 Å². The van der Waals surface area contributed by atoms with Gasteiger partial charge in [-0.25, -0.2) is 4.79 Å². The molecule has 0 spiro atoms. The van der Waals surface area contributed by atoms with Crippen LogP contribution < -0.4 is 16.0 Å². The van der Waals surface area contributed by atoms with Gasteiger partial charge in [-0.15, -0.1) is 0 Å². The van der Waals surface area contributed by atoms with Crippen LogP contribution in [0.4, 0.5) is 0 Å². The van der Waals surface area contributed by atoms with Gasteiger partial charge in [0, 0.05) is 31.5 Å². The SMILES string of the molecule is COc1ccc(Cn2c(C)c(C)n3c4c(=O)n(CCN5CCCCC5)c(=O)n(C)c4nc23)cc1. The summed E-state index contributed by atoms with van der Waals surface area (Å²) in [5.74, 6) is 1.47. The summed E-state index contributed by atoms with van der Waals surface area (Å²) in [4.78, 5) is 33.8. The van der Waals surface area contributed by atoms with Gasteiger partial charge in [0.15, 0.2) is 11.2 Å². The van der Waals surface area contributed by atoms with Crippen molar-refractivity contribution >= 4 is 16.9 Å². The number of fused-ring (bicyclic) bond motifs is 3. The van der Waals surface area contributed by atoms with E-state index >= 15 is 0 Å². The van der Waals surface area contributed by atoms with Gasteiger partial charge in [0.05, 0.1) is 13.7 Å². The molecule has 5 rings (SSSR count). The second-order valence-corrected chi connectivity index (χ2v) is 9.23. The van der Waals surface area contributed by atoms with Gasteiger partial charge in [-0.1, -0.05) is 18.6 Å². The van der Waals surface area contributed by atoms with E-state index in [-0.39, 0.29) is 11.2 Å². The highest BCUT2D eigenvalue weighted by molar-refractivity contribution is 5.76. The van der Waals surface area contributed by atoms with Crippen LogP contribution in [-0.4, -0.2) is 54.7 Å². The normalized spacial score (nSPS) is 14.9. The summed E-state index contributed by atoms with van der Waals surface area (Å²) in [5, 5.41) is 0. The highest BCUT2D eigenvalue weighted by atomic mass is 16.5. The minimum absolute atomic E-state index is 0.271. The lowest BCUT2D eigenvalue weighted by molar-refractivity contribution is 0.218. The zero-order chi connectivity index (χ0) is 24.0. The van der Waals surface area contributed by atoms with Crippen molar-refractivity contribution < 1.29 is 4.74 Å². The number of likely N-dealkylation sites (tertiary alicyclic amines) is 1. The van der Waals surface area contributed by atoms with Gasteiger partial charge in [0.2, 0.25) is 5.78 Å². The largest absolute Gasteiger partial charge is 0.497 e. The highest BCUT2D eigenvalue weighted by Gasteiger charge is 2.23. The van der Waals surface area contributed by atoms with Crippen LogP contribution in [0.15, 0.2) is 33.9 Å². The van der Waals surface area contributed by atoms with Crippen molar-refractivity contribution in [3.05, 3.63) is 62.1 Å². The molecule has 1 aliphatic heterocycles. The quantitative estimate of drug-likeness (QED) is 0.438. The summed E-state index contributed by atoms with van der Waals surface area (Å²) in [6, 6.07) is 7.92. The Morgan fingerprint density at radius 3 is 2.32 bits per heavy atom. The van der Waals surface area contributed by atoms with Crippen LogP contribution in [0.5, 0.6) is 5.75 Å². The first-order chi connectivity index (χ1) is 16.4. The number of ether oxygens (including phenoxy) is 1. The smallest absolute Gasteiger partial charge is 0.332 e. The Morgan fingerprint density at radius 2 is 1.65 bits per heavy atom. The minimum atomic E-state index is -0.314. The monoisotopic (exact) mass is 464 g/mol. The van der Waals surface area contributed by atoms with Gasteiger partial charge in [-0.2, -0.15) is 4.98 Å². The molecule has 0 saturated carbocycles. The molecule has 1 fully saturated rings. The van der Waals surface area contributed by atoms with Gasteiger partial charge in [-0.05, 0) is 57.5 Å². The van der Waals surface area contributed by atoms with Crippen LogP contribution in [-0.2, 0) is 20.1 Å². The van der Waals surface area contributed by atoms with E-state index in [1.54, 1.807) is 14.2 Å². The Kier molecular flexibility index (Phi) is 5.81. The molecule has 3 aromatic heterocycles. The number of aryl methyl sites for hydroxylation is 2. The molecule has 1 aliphatic rings. The highest BCUT2D eigenvalue weighted by Crippen LogP contribution is 2.22. The Labute approximate surface area is 197 Å². The summed E-state index contributed by atoms with van der Waals surface area (Å²) < 4.78 is 12.2. The fourth-order valence-corrected chi connectivity index (χ4v) is 5.04. The van der Waals surface area contributed by atoms with Gasteiger partial charge < -0.3 is 14.2 Å². The zero-order valence-electron chi connectivity index (χ0n) is 20.4. The molecule has 0 atom stereocenters. The van der Waals surface area contributed by atoms with E-state index in [0.29, 0.717) is 36.6 Å². The molecule has 1 saturated heterocycles. The van der Waals surface area contributed by atoms with Gasteiger partial charge >= 0.3 is 5.69 Å². The Morgan fingerprint density at radius 1 is 0.941 bits per heavy atom. The lowest BCUT2D eigenvalue weighted by Crippen LogP contribution is -2.43. The van der Waals surface area contributed by atoms with Gasteiger partial charge in [0.1, 0.15) is 5.75 Å². The molecule has 0 amide bonds. The number of methoxy groups -OCH3 is 1. The zero-order valence-corrected chi connectivity index (χ0v) is 20.4. The molecule has 180 valence electrons. The summed E-state index contributed by atoms with van der Waals surface area (Å²) in [6.07, 6.45) is 3.61.